The van der Waals surface area contributed by atoms with Gasteiger partial charge in [0.05, 0.1) is 13.2 Å². The van der Waals surface area contributed by atoms with Crippen LogP contribution in [0.3, 0.4) is 0 Å². The molecular formula is C18H22N3O3PS. The Balaban J connectivity index is 2.01. The third-order valence-corrected chi connectivity index (χ3v) is 6.96. The largest absolute Gasteiger partial charge is 0.357 e. The Hall–Kier alpha value is -1.79. The van der Waals surface area contributed by atoms with Gasteiger partial charge in [-0.15, -0.1) is 0 Å². The van der Waals surface area contributed by atoms with E-state index < -0.39 is 13.4 Å². The Morgan fingerprint density at radius 1 is 1.15 bits per heavy atom. The number of rotatable bonds is 8. The standard InChI is InChI=1S/C18H22N3O3PS/c1-4-23-25(22,24-5-2)16(14-10-8-13(3)9-11-14)21-18-20-15-7-6-12-19-17(15)26-18/h6-12,16H,4-5H2,1-3H3,(H,20,21). The second kappa shape index (κ2) is 8.27. The third-order valence-electron chi connectivity index (χ3n) is 3.75. The van der Waals surface area contributed by atoms with Crippen LogP contribution < -0.4 is 5.32 Å². The lowest BCUT2D eigenvalue weighted by Gasteiger charge is -2.27. The molecule has 3 rings (SSSR count). The molecule has 0 saturated heterocycles. The van der Waals surface area contributed by atoms with E-state index >= 15 is 0 Å². The molecule has 0 amide bonds. The summed E-state index contributed by atoms with van der Waals surface area (Å²) in [4.78, 5) is 9.67. The van der Waals surface area contributed by atoms with Gasteiger partial charge in [0.15, 0.2) is 10.9 Å². The lowest BCUT2D eigenvalue weighted by Crippen LogP contribution is -2.15. The summed E-state index contributed by atoms with van der Waals surface area (Å²) >= 11 is 1.41. The first-order chi connectivity index (χ1) is 12.6. The summed E-state index contributed by atoms with van der Waals surface area (Å²) < 4.78 is 24.7. The molecule has 6 nitrogen and oxygen atoms in total. The van der Waals surface area contributed by atoms with Crippen LogP contribution in [0.1, 0.15) is 30.8 Å². The van der Waals surface area contributed by atoms with Crippen molar-refractivity contribution >= 4 is 34.4 Å². The van der Waals surface area contributed by atoms with Gasteiger partial charge in [-0.25, -0.2) is 9.97 Å². The summed E-state index contributed by atoms with van der Waals surface area (Å²) in [5.74, 6) is -0.649. The van der Waals surface area contributed by atoms with E-state index in [0.717, 1.165) is 21.5 Å². The number of nitrogens with zero attached hydrogens (tertiary/aromatic N) is 2. The molecule has 3 aromatic rings. The highest BCUT2D eigenvalue weighted by atomic mass is 32.1. The zero-order valence-corrected chi connectivity index (χ0v) is 16.7. The van der Waals surface area contributed by atoms with E-state index in [-0.39, 0.29) is 0 Å². The smallest absolute Gasteiger partial charge is 0.344 e. The number of nitrogens with one attached hydrogen (secondary N) is 1. The molecule has 0 spiro atoms. The van der Waals surface area contributed by atoms with Gasteiger partial charge in [0.1, 0.15) is 10.3 Å². The molecule has 8 heteroatoms. The minimum Gasteiger partial charge on any atom is -0.344 e. The quantitative estimate of drug-likeness (QED) is 0.520. The van der Waals surface area contributed by atoms with Crippen LogP contribution >= 0.6 is 18.9 Å². The van der Waals surface area contributed by atoms with Gasteiger partial charge < -0.3 is 14.4 Å². The predicted molar refractivity (Wildman–Crippen MR) is 106 cm³/mol. The molecule has 1 unspecified atom stereocenters. The molecule has 0 aliphatic rings. The molecule has 1 N–H and O–H groups in total. The first-order valence-corrected chi connectivity index (χ1v) is 10.9. The van der Waals surface area contributed by atoms with Crippen molar-refractivity contribution < 1.29 is 13.6 Å². The minimum absolute atomic E-state index is 0.294. The summed E-state index contributed by atoms with van der Waals surface area (Å²) in [6.45, 7) is 6.21. The lowest BCUT2D eigenvalue weighted by atomic mass is 10.1. The van der Waals surface area contributed by atoms with Crippen molar-refractivity contribution in [1.29, 1.82) is 0 Å². The van der Waals surface area contributed by atoms with Gasteiger partial charge >= 0.3 is 7.60 Å². The highest BCUT2D eigenvalue weighted by Gasteiger charge is 2.37. The van der Waals surface area contributed by atoms with E-state index in [9.17, 15) is 4.57 Å². The zero-order valence-electron chi connectivity index (χ0n) is 15.0. The van der Waals surface area contributed by atoms with Crippen molar-refractivity contribution in [3.05, 3.63) is 53.7 Å². The fourth-order valence-electron chi connectivity index (χ4n) is 2.59. The highest BCUT2D eigenvalue weighted by Crippen LogP contribution is 2.61. The van der Waals surface area contributed by atoms with Gasteiger partial charge in [0.2, 0.25) is 0 Å². The molecule has 1 aromatic carbocycles. The summed E-state index contributed by atoms with van der Waals surface area (Å²) in [5.41, 5.74) is 2.75. The molecule has 0 aliphatic heterocycles. The summed E-state index contributed by atoms with van der Waals surface area (Å²) in [6.07, 6.45) is 1.73. The van der Waals surface area contributed by atoms with Crippen LogP contribution in [0.2, 0.25) is 0 Å². The summed E-state index contributed by atoms with van der Waals surface area (Å²) in [6, 6.07) is 11.6. The zero-order chi connectivity index (χ0) is 18.6. The maximum Gasteiger partial charge on any atom is 0.357 e. The van der Waals surface area contributed by atoms with Crippen molar-refractivity contribution in [3.8, 4) is 0 Å². The monoisotopic (exact) mass is 391 g/mol. The van der Waals surface area contributed by atoms with Crippen molar-refractivity contribution in [1.82, 2.24) is 9.97 Å². The number of hydrogen-bond donors (Lipinski definition) is 1. The molecular weight excluding hydrogens is 369 g/mol. The molecule has 0 radical (unpaired) electrons. The van der Waals surface area contributed by atoms with Crippen LogP contribution in [0.5, 0.6) is 0 Å². The van der Waals surface area contributed by atoms with Crippen molar-refractivity contribution in [2.24, 2.45) is 0 Å². The van der Waals surface area contributed by atoms with Crippen LogP contribution in [0.25, 0.3) is 10.3 Å². The average Bonchev–Trinajstić information content (AvgIpc) is 3.03. The predicted octanol–water partition coefficient (Wildman–Crippen LogP) is 5.38. The number of thiazole rings is 1. The third kappa shape index (κ3) is 4.13. The number of anilines is 1. The second-order valence-corrected chi connectivity index (χ2v) is 8.77. The van der Waals surface area contributed by atoms with Gasteiger partial charge in [-0.1, -0.05) is 41.2 Å². The Morgan fingerprint density at radius 2 is 1.85 bits per heavy atom. The van der Waals surface area contributed by atoms with E-state index in [0.29, 0.717) is 18.3 Å². The van der Waals surface area contributed by atoms with Crippen LogP contribution in [0.15, 0.2) is 42.6 Å². The minimum atomic E-state index is -3.44. The average molecular weight is 391 g/mol. The van der Waals surface area contributed by atoms with Gasteiger partial charge in [-0.3, -0.25) is 4.57 Å². The topological polar surface area (TPSA) is 73.3 Å². The fraction of sp³-hybridized carbons (Fsp3) is 0.333. The molecule has 0 saturated carbocycles. The van der Waals surface area contributed by atoms with Crippen LogP contribution in [-0.2, 0) is 13.6 Å². The summed E-state index contributed by atoms with van der Waals surface area (Å²) in [5, 5.41) is 3.90. The SMILES string of the molecule is CCOP(=O)(OCC)C(Nc1nc2cccnc2s1)c1ccc(C)cc1. The second-order valence-electron chi connectivity index (χ2n) is 5.68. The first-order valence-electron chi connectivity index (χ1n) is 8.49. The van der Waals surface area contributed by atoms with E-state index in [1.807, 2.05) is 43.3 Å². The number of fused-ring (bicyclic) bond motifs is 1. The molecule has 2 heterocycles. The Labute approximate surface area is 157 Å². The van der Waals surface area contributed by atoms with E-state index in [4.69, 9.17) is 9.05 Å². The number of hydrogen-bond acceptors (Lipinski definition) is 7. The molecule has 1 atom stereocenters. The van der Waals surface area contributed by atoms with Crippen molar-refractivity contribution in [2.45, 2.75) is 26.6 Å². The Kier molecular flexibility index (Phi) is 6.04. The number of aromatic nitrogens is 2. The van der Waals surface area contributed by atoms with Crippen LogP contribution in [0.4, 0.5) is 5.13 Å². The van der Waals surface area contributed by atoms with E-state index in [1.165, 1.54) is 11.3 Å². The number of pyridine rings is 1. The molecule has 138 valence electrons. The van der Waals surface area contributed by atoms with Crippen LogP contribution in [-0.4, -0.2) is 23.2 Å². The number of benzene rings is 1. The fourth-order valence-corrected chi connectivity index (χ4v) is 5.42. The van der Waals surface area contributed by atoms with Gasteiger partial charge in [0.25, 0.3) is 0 Å². The maximum absolute atomic E-state index is 13.5. The van der Waals surface area contributed by atoms with E-state index in [2.05, 4.69) is 15.3 Å². The van der Waals surface area contributed by atoms with Crippen molar-refractivity contribution in [3.63, 3.8) is 0 Å². The van der Waals surface area contributed by atoms with E-state index in [1.54, 1.807) is 20.0 Å². The Morgan fingerprint density at radius 3 is 2.46 bits per heavy atom. The van der Waals surface area contributed by atoms with Gasteiger partial charge in [0, 0.05) is 6.20 Å². The normalized spacial score (nSPS) is 13.0. The lowest BCUT2D eigenvalue weighted by molar-refractivity contribution is 0.214. The number of aryl methyl sites for hydroxylation is 1. The highest BCUT2D eigenvalue weighted by molar-refractivity contribution is 7.54. The van der Waals surface area contributed by atoms with Crippen molar-refractivity contribution in [2.75, 3.05) is 18.5 Å². The molecule has 0 bridgehead atoms. The molecule has 0 aliphatic carbocycles. The van der Waals surface area contributed by atoms with Gasteiger partial charge in [-0.2, -0.15) is 0 Å². The Bertz CT molecular complexity index is 870. The molecule has 0 fully saturated rings. The molecule has 2 aromatic heterocycles. The van der Waals surface area contributed by atoms with Crippen LogP contribution in [0, 0.1) is 6.92 Å². The molecule has 26 heavy (non-hydrogen) atoms. The summed E-state index contributed by atoms with van der Waals surface area (Å²) in [7, 11) is -3.44. The maximum atomic E-state index is 13.5. The van der Waals surface area contributed by atoms with Gasteiger partial charge in [-0.05, 0) is 38.5 Å². The first kappa shape index (κ1) is 19.0.